The number of aliphatic carboxylic acids is 1. The molecule has 0 heterocycles. The van der Waals surface area contributed by atoms with Crippen LogP contribution >= 0.6 is 0 Å². The summed E-state index contributed by atoms with van der Waals surface area (Å²) in [6, 6.07) is 7.52. The maximum absolute atomic E-state index is 12.1. The molecule has 2 unspecified atom stereocenters. The average molecular weight is 319 g/mol. The van der Waals surface area contributed by atoms with Crippen LogP contribution in [0.5, 0.6) is 5.75 Å². The molecular weight excluding hydrogens is 294 g/mol. The van der Waals surface area contributed by atoms with Crippen LogP contribution in [0.1, 0.15) is 45.1 Å². The van der Waals surface area contributed by atoms with Gasteiger partial charge in [0.2, 0.25) is 5.91 Å². The molecular formula is C18H25NO4. The van der Waals surface area contributed by atoms with Crippen molar-refractivity contribution in [1.29, 1.82) is 0 Å². The second-order valence-corrected chi connectivity index (χ2v) is 6.47. The van der Waals surface area contributed by atoms with Gasteiger partial charge in [-0.1, -0.05) is 26.0 Å². The minimum absolute atomic E-state index is 0.113. The number of carbonyl (C=O) groups excluding carboxylic acids is 1. The Morgan fingerprint density at radius 3 is 2.61 bits per heavy atom. The van der Waals surface area contributed by atoms with Gasteiger partial charge < -0.3 is 15.2 Å². The van der Waals surface area contributed by atoms with Crippen molar-refractivity contribution in [2.24, 2.45) is 11.3 Å². The number of nitrogens with one attached hydrogen (secondary N) is 1. The van der Waals surface area contributed by atoms with Crippen LogP contribution < -0.4 is 10.1 Å². The minimum Gasteiger partial charge on any atom is -0.494 e. The molecule has 0 bridgehead atoms. The van der Waals surface area contributed by atoms with Crippen molar-refractivity contribution in [1.82, 2.24) is 5.32 Å². The second kappa shape index (κ2) is 7.49. The molecule has 0 aromatic heterocycles. The summed E-state index contributed by atoms with van der Waals surface area (Å²) in [5.74, 6) is 0.202. The lowest BCUT2D eigenvalue weighted by Crippen LogP contribution is -2.26. The Morgan fingerprint density at radius 2 is 2.04 bits per heavy atom. The SMILES string of the molecule is CCC1(C)CC1C(=O)NCc1ccc(OCCCC(=O)O)cc1. The molecule has 0 aliphatic heterocycles. The van der Waals surface area contributed by atoms with Gasteiger partial charge in [0.15, 0.2) is 0 Å². The second-order valence-electron chi connectivity index (χ2n) is 6.47. The minimum atomic E-state index is -0.811. The van der Waals surface area contributed by atoms with Gasteiger partial charge in [-0.15, -0.1) is 0 Å². The molecule has 1 saturated carbocycles. The molecule has 0 radical (unpaired) electrons. The van der Waals surface area contributed by atoms with Gasteiger partial charge in [-0.3, -0.25) is 9.59 Å². The quantitative estimate of drug-likeness (QED) is 0.686. The van der Waals surface area contributed by atoms with E-state index in [9.17, 15) is 9.59 Å². The Hall–Kier alpha value is -2.04. The molecule has 5 heteroatoms. The van der Waals surface area contributed by atoms with Crippen LogP contribution in [0.15, 0.2) is 24.3 Å². The van der Waals surface area contributed by atoms with E-state index in [1.54, 1.807) is 0 Å². The highest BCUT2D eigenvalue weighted by molar-refractivity contribution is 5.82. The van der Waals surface area contributed by atoms with Crippen molar-refractivity contribution in [3.8, 4) is 5.75 Å². The van der Waals surface area contributed by atoms with Crippen molar-refractivity contribution in [3.05, 3.63) is 29.8 Å². The lowest BCUT2D eigenvalue weighted by Gasteiger charge is -2.09. The standard InChI is InChI=1S/C18H25NO4/c1-3-18(2)11-15(18)17(22)19-12-13-6-8-14(9-7-13)23-10-4-5-16(20)21/h6-9,15H,3-5,10-12H2,1-2H3,(H,19,22)(H,20,21). The van der Waals surface area contributed by atoms with Crippen LogP contribution in [0, 0.1) is 11.3 Å². The zero-order valence-corrected chi connectivity index (χ0v) is 13.8. The molecule has 2 N–H and O–H groups in total. The topological polar surface area (TPSA) is 75.6 Å². The number of carbonyl (C=O) groups is 2. The van der Waals surface area contributed by atoms with E-state index in [1.807, 2.05) is 24.3 Å². The molecule has 23 heavy (non-hydrogen) atoms. The van der Waals surface area contributed by atoms with E-state index in [1.165, 1.54) is 0 Å². The first kappa shape index (κ1) is 17.3. The zero-order valence-electron chi connectivity index (χ0n) is 13.8. The maximum Gasteiger partial charge on any atom is 0.303 e. The van der Waals surface area contributed by atoms with Gasteiger partial charge >= 0.3 is 5.97 Å². The summed E-state index contributed by atoms with van der Waals surface area (Å²) >= 11 is 0. The highest BCUT2D eigenvalue weighted by Gasteiger charge is 2.52. The molecule has 1 fully saturated rings. The van der Waals surface area contributed by atoms with E-state index in [0.29, 0.717) is 25.3 Å². The van der Waals surface area contributed by atoms with Gasteiger partial charge in [-0.25, -0.2) is 0 Å². The van der Waals surface area contributed by atoms with Crippen molar-refractivity contribution < 1.29 is 19.4 Å². The molecule has 1 amide bonds. The summed E-state index contributed by atoms with van der Waals surface area (Å²) in [5.41, 5.74) is 1.22. The van der Waals surface area contributed by atoms with Gasteiger partial charge in [0.1, 0.15) is 5.75 Å². The van der Waals surface area contributed by atoms with Crippen LogP contribution in [0.2, 0.25) is 0 Å². The van der Waals surface area contributed by atoms with Crippen molar-refractivity contribution in [3.63, 3.8) is 0 Å². The highest BCUT2D eigenvalue weighted by Crippen LogP contribution is 2.54. The normalized spacial score (nSPS) is 22.4. The largest absolute Gasteiger partial charge is 0.494 e. The third-order valence-corrected chi connectivity index (χ3v) is 4.67. The van der Waals surface area contributed by atoms with E-state index in [0.717, 1.165) is 18.4 Å². The molecule has 1 aromatic rings. The summed E-state index contributed by atoms with van der Waals surface area (Å²) in [5, 5.41) is 11.5. The smallest absolute Gasteiger partial charge is 0.303 e. The fourth-order valence-electron chi connectivity index (χ4n) is 2.64. The molecule has 2 atom stereocenters. The highest BCUT2D eigenvalue weighted by atomic mass is 16.5. The van der Waals surface area contributed by atoms with Gasteiger partial charge in [0.25, 0.3) is 0 Å². The van der Waals surface area contributed by atoms with Crippen molar-refractivity contribution in [2.75, 3.05) is 6.61 Å². The molecule has 1 aliphatic rings. The molecule has 1 aromatic carbocycles. The number of carboxylic acids is 1. The summed E-state index contributed by atoms with van der Waals surface area (Å²) in [7, 11) is 0. The van der Waals surface area contributed by atoms with Crippen molar-refractivity contribution in [2.45, 2.75) is 46.1 Å². The fourth-order valence-corrected chi connectivity index (χ4v) is 2.64. The predicted octanol–water partition coefficient (Wildman–Crippen LogP) is 2.98. The monoisotopic (exact) mass is 319 g/mol. The molecule has 2 rings (SSSR count). The Bertz CT molecular complexity index is 555. The van der Waals surface area contributed by atoms with Gasteiger partial charge in [-0.05, 0) is 42.4 Å². The Kier molecular flexibility index (Phi) is 5.64. The number of carboxylic acid groups (broad SMARTS) is 1. The fraction of sp³-hybridized carbons (Fsp3) is 0.556. The molecule has 0 saturated heterocycles. The Morgan fingerprint density at radius 1 is 1.35 bits per heavy atom. The first-order valence-electron chi connectivity index (χ1n) is 8.16. The summed E-state index contributed by atoms with van der Waals surface area (Å²) in [6.07, 6.45) is 2.63. The summed E-state index contributed by atoms with van der Waals surface area (Å²) in [4.78, 5) is 22.5. The van der Waals surface area contributed by atoms with Crippen LogP contribution in [0.25, 0.3) is 0 Å². The van der Waals surface area contributed by atoms with Crippen molar-refractivity contribution >= 4 is 11.9 Å². The third kappa shape index (κ3) is 4.98. The van der Waals surface area contributed by atoms with Crippen LogP contribution in [0.3, 0.4) is 0 Å². The number of hydrogen-bond acceptors (Lipinski definition) is 3. The summed E-state index contributed by atoms with van der Waals surface area (Å²) in [6.45, 7) is 5.20. The van der Waals surface area contributed by atoms with Crippen LogP contribution in [-0.2, 0) is 16.1 Å². The van der Waals surface area contributed by atoms with Gasteiger partial charge in [-0.2, -0.15) is 0 Å². The van der Waals surface area contributed by atoms with Gasteiger partial charge in [0.05, 0.1) is 6.61 Å². The lowest BCUT2D eigenvalue weighted by atomic mass is 10.0. The van der Waals surface area contributed by atoms with Gasteiger partial charge in [0, 0.05) is 18.9 Å². The summed E-state index contributed by atoms with van der Waals surface area (Å²) < 4.78 is 5.48. The first-order valence-corrected chi connectivity index (χ1v) is 8.16. The third-order valence-electron chi connectivity index (χ3n) is 4.67. The van der Waals surface area contributed by atoms with E-state index >= 15 is 0 Å². The Labute approximate surface area is 137 Å². The molecule has 126 valence electrons. The average Bonchev–Trinajstić information content (AvgIpc) is 3.23. The number of benzene rings is 1. The van der Waals surface area contributed by atoms with E-state index < -0.39 is 5.97 Å². The van der Waals surface area contributed by atoms with E-state index in [2.05, 4.69) is 19.2 Å². The first-order chi connectivity index (χ1) is 10.9. The molecule has 1 aliphatic carbocycles. The lowest BCUT2D eigenvalue weighted by molar-refractivity contribution is -0.137. The predicted molar refractivity (Wildman–Crippen MR) is 87.2 cm³/mol. The van der Waals surface area contributed by atoms with E-state index in [-0.39, 0.29) is 23.7 Å². The number of amides is 1. The molecule has 5 nitrogen and oxygen atoms in total. The maximum atomic E-state index is 12.1. The van der Waals surface area contributed by atoms with Crippen LogP contribution in [0.4, 0.5) is 0 Å². The Balaban J connectivity index is 1.71. The molecule has 0 spiro atoms. The van der Waals surface area contributed by atoms with Crippen LogP contribution in [-0.4, -0.2) is 23.6 Å². The number of ether oxygens (including phenoxy) is 1. The zero-order chi connectivity index (χ0) is 16.9. The number of rotatable bonds is 9. The van der Waals surface area contributed by atoms with E-state index in [4.69, 9.17) is 9.84 Å². The number of hydrogen-bond donors (Lipinski definition) is 2.